The maximum absolute atomic E-state index is 3.68. The second-order valence-electron chi connectivity index (χ2n) is 6.63. The normalized spacial score (nSPS) is 15.9. The maximum Gasteiger partial charge on any atom is -0.0162 e. The lowest BCUT2D eigenvalue weighted by Crippen LogP contribution is -2.09. The van der Waals surface area contributed by atoms with Crippen LogP contribution >= 0.6 is 0 Å². The van der Waals surface area contributed by atoms with Gasteiger partial charge in [-0.3, -0.25) is 0 Å². The molecule has 1 unspecified atom stereocenters. The highest BCUT2D eigenvalue weighted by molar-refractivity contribution is 5.39. The summed E-state index contributed by atoms with van der Waals surface area (Å²) in [4.78, 5) is 0. The van der Waals surface area contributed by atoms with Crippen LogP contribution in [0.3, 0.4) is 0 Å². The lowest BCUT2D eigenvalue weighted by Gasteiger charge is -2.24. The fourth-order valence-electron chi connectivity index (χ4n) is 3.74. The van der Waals surface area contributed by atoms with Crippen LogP contribution in [-0.2, 0) is 12.8 Å². The standard InChI is InChI=1S/C23H32/c1-3-5-6-7-8-9-10-11-15-20(4-2)22-19-14-17-21-16-12-13-18-23(21)22/h3,5-8,14,17,19-20H,1,4,9-13,15-16,18H2,2H3/b6-5+,8-7+. The van der Waals surface area contributed by atoms with Gasteiger partial charge in [0.2, 0.25) is 0 Å². The third-order valence-corrected chi connectivity index (χ3v) is 5.03. The molecule has 23 heavy (non-hydrogen) atoms. The predicted octanol–water partition coefficient (Wildman–Crippen LogP) is 6.92. The summed E-state index contributed by atoms with van der Waals surface area (Å²) < 4.78 is 0. The molecule has 0 amide bonds. The summed E-state index contributed by atoms with van der Waals surface area (Å²) in [6, 6.07) is 7.04. The first-order chi connectivity index (χ1) is 11.4. The fraction of sp³-hybridized carbons (Fsp3) is 0.478. The van der Waals surface area contributed by atoms with E-state index in [1.807, 2.05) is 12.2 Å². The van der Waals surface area contributed by atoms with Crippen molar-refractivity contribution in [3.8, 4) is 0 Å². The van der Waals surface area contributed by atoms with Crippen LogP contribution in [0.2, 0.25) is 0 Å². The molecule has 0 aromatic heterocycles. The summed E-state index contributed by atoms with van der Waals surface area (Å²) in [5, 5.41) is 0. The summed E-state index contributed by atoms with van der Waals surface area (Å²) >= 11 is 0. The molecule has 0 heterocycles. The molecule has 0 spiro atoms. The van der Waals surface area contributed by atoms with E-state index in [0.717, 1.165) is 5.92 Å². The predicted molar refractivity (Wildman–Crippen MR) is 103 cm³/mol. The van der Waals surface area contributed by atoms with Crippen molar-refractivity contribution in [3.05, 3.63) is 71.8 Å². The van der Waals surface area contributed by atoms with Gasteiger partial charge in [0, 0.05) is 0 Å². The molecule has 0 nitrogen and oxygen atoms in total. The lowest BCUT2D eigenvalue weighted by molar-refractivity contribution is 0.550. The van der Waals surface area contributed by atoms with E-state index in [0.29, 0.717) is 0 Å². The van der Waals surface area contributed by atoms with Crippen molar-refractivity contribution < 1.29 is 0 Å². The van der Waals surface area contributed by atoms with E-state index in [4.69, 9.17) is 0 Å². The molecule has 1 atom stereocenters. The minimum Gasteiger partial charge on any atom is -0.0991 e. The first-order valence-corrected chi connectivity index (χ1v) is 9.41. The second kappa shape index (κ2) is 10.3. The Morgan fingerprint density at radius 2 is 1.96 bits per heavy atom. The van der Waals surface area contributed by atoms with Crippen molar-refractivity contribution in [1.29, 1.82) is 0 Å². The maximum atomic E-state index is 3.68. The largest absolute Gasteiger partial charge is 0.0991 e. The number of benzene rings is 1. The third kappa shape index (κ3) is 5.53. The molecule has 1 aromatic rings. The Kier molecular flexibility index (Phi) is 7.93. The van der Waals surface area contributed by atoms with Gasteiger partial charge in [-0.05, 0) is 74.0 Å². The molecule has 1 aromatic carbocycles. The van der Waals surface area contributed by atoms with E-state index in [9.17, 15) is 0 Å². The number of fused-ring (bicyclic) bond motifs is 1. The van der Waals surface area contributed by atoms with E-state index in [2.05, 4.69) is 49.9 Å². The molecule has 124 valence electrons. The van der Waals surface area contributed by atoms with Crippen molar-refractivity contribution in [2.24, 2.45) is 0 Å². The average molecular weight is 309 g/mol. The fourth-order valence-corrected chi connectivity index (χ4v) is 3.74. The number of rotatable bonds is 9. The molecule has 1 aliphatic carbocycles. The van der Waals surface area contributed by atoms with E-state index < -0.39 is 0 Å². The molecule has 0 bridgehead atoms. The monoisotopic (exact) mass is 308 g/mol. The zero-order valence-corrected chi connectivity index (χ0v) is 14.8. The van der Waals surface area contributed by atoms with Crippen LogP contribution in [0.5, 0.6) is 0 Å². The highest BCUT2D eigenvalue weighted by Gasteiger charge is 2.18. The van der Waals surface area contributed by atoms with Crippen LogP contribution in [-0.4, -0.2) is 0 Å². The SMILES string of the molecule is C=C/C=C/C=C/CCCCC(CC)c1cccc2c1CCCC2. The molecule has 0 heteroatoms. The van der Waals surface area contributed by atoms with Crippen molar-refractivity contribution >= 4 is 0 Å². The Morgan fingerprint density at radius 1 is 1.09 bits per heavy atom. The number of allylic oxidation sites excluding steroid dienone is 5. The topological polar surface area (TPSA) is 0 Å². The van der Waals surface area contributed by atoms with E-state index in [1.54, 1.807) is 16.7 Å². The third-order valence-electron chi connectivity index (χ3n) is 5.03. The summed E-state index contributed by atoms with van der Waals surface area (Å²) in [5.41, 5.74) is 4.98. The Hall–Kier alpha value is -1.56. The molecule has 2 rings (SSSR count). The first-order valence-electron chi connectivity index (χ1n) is 9.41. The van der Waals surface area contributed by atoms with Gasteiger partial charge in [0.1, 0.15) is 0 Å². The van der Waals surface area contributed by atoms with Crippen molar-refractivity contribution in [2.75, 3.05) is 0 Å². The van der Waals surface area contributed by atoms with Gasteiger partial charge in [-0.1, -0.05) is 68.5 Å². The number of unbranched alkanes of at least 4 members (excludes halogenated alkanes) is 2. The van der Waals surface area contributed by atoms with Crippen LogP contribution in [0.25, 0.3) is 0 Å². The molecule has 0 N–H and O–H groups in total. The van der Waals surface area contributed by atoms with Crippen LogP contribution in [0, 0.1) is 0 Å². The smallest absolute Gasteiger partial charge is 0.0162 e. The van der Waals surface area contributed by atoms with Crippen molar-refractivity contribution in [3.63, 3.8) is 0 Å². The molecule has 1 aliphatic rings. The Labute approximate surface area is 143 Å². The minimum absolute atomic E-state index is 0.757. The lowest BCUT2D eigenvalue weighted by atomic mass is 9.81. The van der Waals surface area contributed by atoms with Gasteiger partial charge in [0.25, 0.3) is 0 Å². The molecular formula is C23H32. The van der Waals surface area contributed by atoms with Gasteiger partial charge in [-0.25, -0.2) is 0 Å². The number of hydrogen-bond acceptors (Lipinski definition) is 0. The number of aryl methyl sites for hydroxylation is 1. The molecular weight excluding hydrogens is 276 g/mol. The van der Waals surface area contributed by atoms with Crippen LogP contribution in [0.15, 0.2) is 55.2 Å². The van der Waals surface area contributed by atoms with E-state index in [1.165, 1.54) is 57.8 Å². The van der Waals surface area contributed by atoms with Crippen molar-refractivity contribution in [2.45, 2.75) is 70.6 Å². The minimum atomic E-state index is 0.757. The van der Waals surface area contributed by atoms with Gasteiger partial charge in [-0.2, -0.15) is 0 Å². The van der Waals surface area contributed by atoms with Crippen LogP contribution in [0.4, 0.5) is 0 Å². The second-order valence-corrected chi connectivity index (χ2v) is 6.63. The van der Waals surface area contributed by atoms with Gasteiger partial charge in [0.05, 0.1) is 0 Å². The molecule has 0 fully saturated rings. The van der Waals surface area contributed by atoms with Crippen LogP contribution in [0.1, 0.15) is 74.5 Å². The number of hydrogen-bond donors (Lipinski definition) is 0. The molecule has 0 aliphatic heterocycles. The zero-order valence-electron chi connectivity index (χ0n) is 14.8. The summed E-state index contributed by atoms with van der Waals surface area (Å²) in [5.74, 6) is 0.757. The zero-order chi connectivity index (χ0) is 16.3. The Balaban J connectivity index is 1.85. The summed E-state index contributed by atoms with van der Waals surface area (Å²) in [6.07, 6.45) is 22.0. The van der Waals surface area contributed by atoms with Gasteiger partial charge in [-0.15, -0.1) is 0 Å². The van der Waals surface area contributed by atoms with Gasteiger partial charge >= 0.3 is 0 Å². The molecule has 0 radical (unpaired) electrons. The van der Waals surface area contributed by atoms with Gasteiger partial charge < -0.3 is 0 Å². The highest BCUT2D eigenvalue weighted by Crippen LogP contribution is 2.33. The molecule has 0 saturated carbocycles. The Bertz CT molecular complexity index is 533. The van der Waals surface area contributed by atoms with E-state index in [-0.39, 0.29) is 0 Å². The quantitative estimate of drug-likeness (QED) is 0.343. The van der Waals surface area contributed by atoms with Crippen molar-refractivity contribution in [1.82, 2.24) is 0 Å². The van der Waals surface area contributed by atoms with E-state index >= 15 is 0 Å². The summed E-state index contributed by atoms with van der Waals surface area (Å²) in [7, 11) is 0. The average Bonchev–Trinajstić information content (AvgIpc) is 2.60. The molecule has 0 saturated heterocycles. The first kappa shape index (κ1) is 17.8. The Morgan fingerprint density at radius 3 is 2.78 bits per heavy atom. The highest BCUT2D eigenvalue weighted by atomic mass is 14.2. The van der Waals surface area contributed by atoms with Gasteiger partial charge in [0.15, 0.2) is 0 Å². The van der Waals surface area contributed by atoms with Crippen LogP contribution < -0.4 is 0 Å². The summed E-state index contributed by atoms with van der Waals surface area (Å²) in [6.45, 7) is 6.03.